The summed E-state index contributed by atoms with van der Waals surface area (Å²) in [5.41, 5.74) is 3.87. The van der Waals surface area contributed by atoms with Crippen LogP contribution in [0.25, 0.3) is 0 Å². The van der Waals surface area contributed by atoms with Gasteiger partial charge in [0.1, 0.15) is 24.4 Å². The summed E-state index contributed by atoms with van der Waals surface area (Å²) >= 11 is 0. The number of nitrogens with one attached hydrogen (secondary N) is 2. The molecule has 2 aromatic carbocycles. The van der Waals surface area contributed by atoms with Gasteiger partial charge in [0.25, 0.3) is 5.56 Å². The first-order valence-corrected chi connectivity index (χ1v) is 7.37. The van der Waals surface area contributed by atoms with Gasteiger partial charge in [-0.25, -0.2) is 9.82 Å². The molecule has 7 nitrogen and oxygen atoms in total. The van der Waals surface area contributed by atoms with Crippen molar-refractivity contribution in [1.29, 1.82) is 0 Å². The molecule has 126 valence electrons. The summed E-state index contributed by atoms with van der Waals surface area (Å²) in [6.45, 7) is 0.333. The van der Waals surface area contributed by atoms with Gasteiger partial charge in [-0.1, -0.05) is 24.3 Å². The van der Waals surface area contributed by atoms with E-state index in [1.54, 1.807) is 24.4 Å². The number of benzene rings is 2. The van der Waals surface area contributed by atoms with Crippen molar-refractivity contribution in [2.45, 2.75) is 6.61 Å². The van der Waals surface area contributed by atoms with E-state index in [2.05, 4.69) is 25.7 Å². The Balaban J connectivity index is 1.60. The highest BCUT2D eigenvalue weighted by molar-refractivity contribution is 5.80. The molecule has 2 N–H and O–H groups in total. The largest absolute Gasteiger partial charge is 0.489 e. The summed E-state index contributed by atoms with van der Waals surface area (Å²) in [7, 11) is 0. The van der Waals surface area contributed by atoms with Crippen molar-refractivity contribution in [2.75, 3.05) is 5.43 Å². The van der Waals surface area contributed by atoms with Crippen molar-refractivity contribution in [3.8, 4) is 5.75 Å². The average molecular weight is 339 g/mol. The maximum Gasteiger partial charge on any atom is 0.271 e. The van der Waals surface area contributed by atoms with Crippen LogP contribution in [0.15, 0.2) is 64.6 Å². The summed E-state index contributed by atoms with van der Waals surface area (Å²) in [5.74, 6) is 0.521. The molecule has 3 aromatic rings. The lowest BCUT2D eigenvalue weighted by atomic mass is 10.2. The Bertz CT molecular complexity index is 925. The second-order valence-corrected chi connectivity index (χ2v) is 5.04. The van der Waals surface area contributed by atoms with E-state index in [4.69, 9.17) is 4.74 Å². The fourth-order valence-electron chi connectivity index (χ4n) is 1.96. The predicted octanol–water partition coefficient (Wildman–Crippen LogP) is 2.33. The number of hydrogen-bond donors (Lipinski definition) is 2. The minimum atomic E-state index is -0.371. The molecule has 25 heavy (non-hydrogen) atoms. The molecular weight excluding hydrogens is 325 g/mol. The van der Waals surface area contributed by atoms with Crippen LogP contribution in [-0.4, -0.2) is 21.4 Å². The van der Waals surface area contributed by atoms with Gasteiger partial charge >= 0.3 is 0 Å². The molecular formula is C17H14FN5O2. The third kappa shape index (κ3) is 4.96. The molecule has 0 radical (unpaired) electrons. The van der Waals surface area contributed by atoms with E-state index >= 15 is 0 Å². The number of aromatic nitrogens is 3. The first-order chi connectivity index (χ1) is 12.2. The van der Waals surface area contributed by atoms with Gasteiger partial charge < -0.3 is 4.74 Å². The van der Waals surface area contributed by atoms with E-state index in [-0.39, 0.29) is 17.3 Å². The lowest BCUT2D eigenvalue weighted by molar-refractivity contribution is 0.306. The highest BCUT2D eigenvalue weighted by Gasteiger charge is 1.98. The Morgan fingerprint density at radius 3 is 2.88 bits per heavy atom. The standard InChI is InChI=1S/C17H14FN5O2/c18-14-6-4-12(5-7-14)11-25-15-3-1-2-13(8-15)9-19-22-17-21-16(24)10-20-23-17/h1-10H,11H2,(H2,21,22,23,24)/b19-9+. The number of ether oxygens (including phenoxy) is 1. The van der Waals surface area contributed by atoms with Gasteiger partial charge in [0.05, 0.1) is 6.21 Å². The molecule has 0 atom stereocenters. The zero-order chi connectivity index (χ0) is 17.5. The van der Waals surface area contributed by atoms with E-state index in [1.165, 1.54) is 12.1 Å². The molecule has 8 heteroatoms. The smallest absolute Gasteiger partial charge is 0.271 e. The number of nitrogens with zero attached hydrogens (tertiary/aromatic N) is 3. The summed E-state index contributed by atoms with van der Waals surface area (Å²) in [4.78, 5) is 13.5. The fourth-order valence-corrected chi connectivity index (χ4v) is 1.96. The highest BCUT2D eigenvalue weighted by atomic mass is 19.1. The molecule has 1 aromatic heterocycles. The molecule has 1 heterocycles. The Morgan fingerprint density at radius 1 is 1.24 bits per heavy atom. The molecule has 0 bridgehead atoms. The van der Waals surface area contributed by atoms with Crippen LogP contribution in [0.4, 0.5) is 10.3 Å². The molecule has 0 unspecified atom stereocenters. The highest BCUT2D eigenvalue weighted by Crippen LogP contribution is 2.14. The number of hydrazone groups is 1. The molecule has 0 amide bonds. The maximum atomic E-state index is 12.9. The first-order valence-electron chi connectivity index (χ1n) is 7.37. The van der Waals surface area contributed by atoms with Crippen molar-refractivity contribution in [3.63, 3.8) is 0 Å². The van der Waals surface area contributed by atoms with Crippen LogP contribution in [0.1, 0.15) is 11.1 Å². The third-order valence-corrected chi connectivity index (χ3v) is 3.14. The Labute approximate surface area is 142 Å². The molecule has 0 saturated carbocycles. The number of rotatable bonds is 6. The van der Waals surface area contributed by atoms with Crippen LogP contribution in [0.5, 0.6) is 5.75 Å². The van der Waals surface area contributed by atoms with Crippen molar-refractivity contribution in [3.05, 3.63) is 82.0 Å². The number of halogens is 1. The van der Waals surface area contributed by atoms with E-state index in [0.29, 0.717) is 12.4 Å². The third-order valence-electron chi connectivity index (χ3n) is 3.14. The summed E-state index contributed by atoms with van der Waals surface area (Å²) in [6.07, 6.45) is 2.62. The van der Waals surface area contributed by atoms with Gasteiger partial charge in [-0.3, -0.25) is 9.78 Å². The van der Waals surface area contributed by atoms with Crippen LogP contribution < -0.4 is 15.7 Å². The van der Waals surface area contributed by atoms with Gasteiger partial charge in [-0.2, -0.15) is 5.10 Å². The lowest BCUT2D eigenvalue weighted by Gasteiger charge is -2.07. The Hall–Kier alpha value is -3.55. The molecule has 0 aliphatic heterocycles. The number of anilines is 1. The second kappa shape index (κ2) is 7.82. The van der Waals surface area contributed by atoms with Crippen LogP contribution in [-0.2, 0) is 6.61 Å². The molecule has 0 saturated heterocycles. The monoisotopic (exact) mass is 339 g/mol. The van der Waals surface area contributed by atoms with Crippen LogP contribution in [0.3, 0.4) is 0 Å². The van der Waals surface area contributed by atoms with E-state index in [0.717, 1.165) is 17.3 Å². The Kier molecular flexibility index (Phi) is 5.10. The van der Waals surface area contributed by atoms with Crippen molar-refractivity contribution in [1.82, 2.24) is 15.2 Å². The molecule has 0 aliphatic carbocycles. The topological polar surface area (TPSA) is 92.3 Å². The normalized spacial score (nSPS) is 10.8. The van der Waals surface area contributed by atoms with Crippen molar-refractivity contribution in [2.24, 2.45) is 5.10 Å². The predicted molar refractivity (Wildman–Crippen MR) is 91.0 cm³/mol. The SMILES string of the molecule is O=c1cnnc(N/N=C/c2cccc(OCc3ccc(F)cc3)c2)[nH]1. The van der Waals surface area contributed by atoms with Crippen molar-refractivity contribution < 1.29 is 9.13 Å². The van der Waals surface area contributed by atoms with E-state index < -0.39 is 0 Å². The molecule has 0 aliphatic rings. The molecule has 3 rings (SSSR count). The Morgan fingerprint density at radius 2 is 2.08 bits per heavy atom. The number of H-pyrrole nitrogens is 1. The molecule has 0 fully saturated rings. The zero-order valence-electron chi connectivity index (χ0n) is 13.0. The van der Waals surface area contributed by atoms with E-state index in [1.807, 2.05) is 18.2 Å². The lowest BCUT2D eigenvalue weighted by Crippen LogP contribution is -2.10. The minimum absolute atomic E-state index is 0.146. The minimum Gasteiger partial charge on any atom is -0.489 e. The van der Waals surface area contributed by atoms with Gasteiger partial charge in [0.2, 0.25) is 5.95 Å². The number of aromatic amines is 1. The van der Waals surface area contributed by atoms with Crippen molar-refractivity contribution >= 4 is 12.2 Å². The van der Waals surface area contributed by atoms with Crippen LogP contribution in [0, 0.1) is 5.82 Å². The van der Waals surface area contributed by atoms with Crippen LogP contribution >= 0.6 is 0 Å². The maximum absolute atomic E-state index is 12.9. The fraction of sp³-hybridized carbons (Fsp3) is 0.0588. The van der Waals surface area contributed by atoms with Gasteiger partial charge in [-0.15, -0.1) is 10.2 Å². The average Bonchev–Trinajstić information content (AvgIpc) is 2.62. The second-order valence-electron chi connectivity index (χ2n) is 5.04. The summed E-state index contributed by atoms with van der Waals surface area (Å²) in [6, 6.07) is 13.4. The zero-order valence-corrected chi connectivity index (χ0v) is 13.0. The van der Waals surface area contributed by atoms with Gasteiger partial charge in [0.15, 0.2) is 0 Å². The quantitative estimate of drug-likeness (QED) is 0.531. The van der Waals surface area contributed by atoms with Crippen LogP contribution in [0.2, 0.25) is 0 Å². The van der Waals surface area contributed by atoms with Gasteiger partial charge in [0, 0.05) is 0 Å². The van der Waals surface area contributed by atoms with Gasteiger partial charge in [-0.05, 0) is 35.4 Å². The summed E-state index contributed by atoms with van der Waals surface area (Å²) in [5, 5.41) is 11.2. The first kappa shape index (κ1) is 16.3. The summed E-state index contributed by atoms with van der Waals surface area (Å²) < 4.78 is 18.6. The molecule has 0 spiro atoms. The number of hydrogen-bond acceptors (Lipinski definition) is 6. The van der Waals surface area contributed by atoms with E-state index in [9.17, 15) is 9.18 Å².